The van der Waals surface area contributed by atoms with Crippen LogP contribution in [0.25, 0.3) is 0 Å². The summed E-state index contributed by atoms with van der Waals surface area (Å²) in [7, 11) is 0. The predicted octanol–water partition coefficient (Wildman–Crippen LogP) is 1.76. The van der Waals surface area contributed by atoms with Crippen LogP contribution in [0.1, 0.15) is 16.7 Å². The molecule has 0 amide bonds. The van der Waals surface area contributed by atoms with E-state index in [4.69, 9.17) is 5.73 Å². The standard InChI is InChI=1S/C18H17N3O2/c19-16-15(11-13-7-3-1-4-8-13)17(22)21(18(23)20-16)12-14-9-5-2-6-10-14/h1-10H,11-12,19H2,(H,20,23). The molecule has 1 aromatic heterocycles. The molecule has 0 aliphatic carbocycles. The number of H-pyrrole nitrogens is 1. The average molecular weight is 307 g/mol. The normalized spacial score (nSPS) is 10.6. The number of aromatic nitrogens is 2. The monoisotopic (exact) mass is 307 g/mol. The number of rotatable bonds is 4. The highest BCUT2D eigenvalue weighted by Gasteiger charge is 2.13. The number of nitrogens with zero attached hydrogens (tertiary/aromatic N) is 1. The second kappa shape index (κ2) is 6.36. The number of benzene rings is 2. The Hall–Kier alpha value is -3.08. The topological polar surface area (TPSA) is 80.9 Å². The molecule has 0 aliphatic heterocycles. The van der Waals surface area contributed by atoms with Crippen molar-refractivity contribution in [1.29, 1.82) is 0 Å². The van der Waals surface area contributed by atoms with Crippen LogP contribution in [0.2, 0.25) is 0 Å². The molecule has 3 rings (SSSR count). The molecular formula is C18H17N3O2. The maximum Gasteiger partial charge on any atom is 0.330 e. The zero-order valence-electron chi connectivity index (χ0n) is 12.5. The Kier molecular flexibility index (Phi) is 4.10. The predicted molar refractivity (Wildman–Crippen MR) is 90.5 cm³/mol. The first-order valence-electron chi connectivity index (χ1n) is 7.34. The fourth-order valence-corrected chi connectivity index (χ4v) is 2.51. The Morgan fingerprint density at radius 3 is 2.04 bits per heavy atom. The second-order valence-corrected chi connectivity index (χ2v) is 5.36. The fourth-order valence-electron chi connectivity index (χ4n) is 2.51. The van der Waals surface area contributed by atoms with E-state index in [0.717, 1.165) is 11.1 Å². The number of nitrogen functional groups attached to an aromatic ring is 1. The summed E-state index contributed by atoms with van der Waals surface area (Å²) in [5.74, 6) is 0.133. The van der Waals surface area contributed by atoms with Crippen LogP contribution in [0.5, 0.6) is 0 Å². The first-order valence-corrected chi connectivity index (χ1v) is 7.34. The van der Waals surface area contributed by atoms with Gasteiger partial charge >= 0.3 is 5.69 Å². The van der Waals surface area contributed by atoms with Gasteiger partial charge in [-0.05, 0) is 11.1 Å². The van der Waals surface area contributed by atoms with Crippen molar-refractivity contribution in [2.75, 3.05) is 5.73 Å². The van der Waals surface area contributed by atoms with E-state index in [-0.39, 0.29) is 17.9 Å². The molecule has 0 unspecified atom stereocenters. The molecule has 5 nitrogen and oxygen atoms in total. The van der Waals surface area contributed by atoms with Crippen molar-refractivity contribution in [2.45, 2.75) is 13.0 Å². The lowest BCUT2D eigenvalue weighted by atomic mass is 10.1. The maximum absolute atomic E-state index is 12.7. The van der Waals surface area contributed by atoms with E-state index in [1.165, 1.54) is 4.57 Å². The summed E-state index contributed by atoms with van der Waals surface area (Å²) < 4.78 is 1.18. The molecule has 23 heavy (non-hydrogen) atoms. The Morgan fingerprint density at radius 2 is 1.43 bits per heavy atom. The summed E-state index contributed by atoms with van der Waals surface area (Å²) in [6.07, 6.45) is 0.386. The molecule has 3 N–H and O–H groups in total. The Bertz CT molecular complexity index is 912. The van der Waals surface area contributed by atoms with E-state index in [9.17, 15) is 9.59 Å². The minimum atomic E-state index is -0.492. The third-order valence-corrected chi connectivity index (χ3v) is 3.72. The molecule has 0 saturated carbocycles. The maximum atomic E-state index is 12.7. The van der Waals surface area contributed by atoms with Crippen LogP contribution in [0.15, 0.2) is 70.3 Å². The Labute approximate surface area is 133 Å². The van der Waals surface area contributed by atoms with Gasteiger partial charge in [0.1, 0.15) is 5.82 Å². The number of hydrogen-bond acceptors (Lipinski definition) is 3. The van der Waals surface area contributed by atoms with E-state index in [2.05, 4.69) is 4.98 Å². The van der Waals surface area contributed by atoms with Gasteiger partial charge in [-0.2, -0.15) is 0 Å². The largest absolute Gasteiger partial charge is 0.385 e. The van der Waals surface area contributed by atoms with Crippen LogP contribution < -0.4 is 17.0 Å². The van der Waals surface area contributed by atoms with Crippen molar-refractivity contribution in [3.8, 4) is 0 Å². The molecule has 3 aromatic rings. The third kappa shape index (κ3) is 3.23. The first kappa shape index (κ1) is 14.8. The van der Waals surface area contributed by atoms with E-state index in [1.807, 2.05) is 60.7 Å². The minimum absolute atomic E-state index is 0.133. The zero-order chi connectivity index (χ0) is 16.2. The summed E-state index contributed by atoms with van der Waals surface area (Å²) in [4.78, 5) is 27.4. The Balaban J connectivity index is 2.03. The number of anilines is 1. The Morgan fingerprint density at radius 1 is 0.870 bits per heavy atom. The van der Waals surface area contributed by atoms with Crippen LogP contribution >= 0.6 is 0 Å². The number of hydrogen-bond donors (Lipinski definition) is 2. The highest BCUT2D eigenvalue weighted by molar-refractivity contribution is 5.40. The molecule has 0 radical (unpaired) electrons. The van der Waals surface area contributed by atoms with Crippen LogP contribution in [0.4, 0.5) is 5.82 Å². The molecule has 2 aromatic carbocycles. The molecule has 1 heterocycles. The van der Waals surface area contributed by atoms with Gasteiger partial charge in [0, 0.05) is 6.42 Å². The smallest absolute Gasteiger partial charge is 0.330 e. The van der Waals surface area contributed by atoms with Gasteiger partial charge in [0.2, 0.25) is 0 Å². The van der Waals surface area contributed by atoms with Gasteiger partial charge in [-0.25, -0.2) is 4.79 Å². The van der Waals surface area contributed by atoms with Crippen LogP contribution in [0, 0.1) is 0 Å². The molecule has 0 aliphatic rings. The van der Waals surface area contributed by atoms with Crippen LogP contribution in [-0.2, 0) is 13.0 Å². The number of nitrogens with one attached hydrogen (secondary N) is 1. The van der Waals surface area contributed by atoms with E-state index in [0.29, 0.717) is 12.0 Å². The molecular weight excluding hydrogens is 290 g/mol. The summed E-state index contributed by atoms with van der Waals surface area (Å²) in [5.41, 5.74) is 7.28. The molecule has 116 valence electrons. The molecule has 5 heteroatoms. The molecule has 0 saturated heterocycles. The van der Waals surface area contributed by atoms with Gasteiger partial charge in [-0.15, -0.1) is 0 Å². The van der Waals surface area contributed by atoms with Crippen LogP contribution in [-0.4, -0.2) is 9.55 Å². The van der Waals surface area contributed by atoms with Gasteiger partial charge in [0.15, 0.2) is 0 Å². The van der Waals surface area contributed by atoms with E-state index < -0.39 is 5.69 Å². The van der Waals surface area contributed by atoms with Gasteiger partial charge in [-0.3, -0.25) is 14.3 Å². The lowest BCUT2D eigenvalue weighted by Crippen LogP contribution is -2.38. The van der Waals surface area contributed by atoms with Crippen molar-refractivity contribution in [1.82, 2.24) is 9.55 Å². The van der Waals surface area contributed by atoms with Crippen molar-refractivity contribution < 1.29 is 0 Å². The SMILES string of the molecule is Nc1[nH]c(=O)n(Cc2ccccc2)c(=O)c1Cc1ccccc1. The van der Waals surface area contributed by atoms with Gasteiger partial charge in [0.25, 0.3) is 5.56 Å². The second-order valence-electron chi connectivity index (χ2n) is 5.36. The van der Waals surface area contributed by atoms with Gasteiger partial charge in [-0.1, -0.05) is 60.7 Å². The highest BCUT2D eigenvalue weighted by Crippen LogP contribution is 2.09. The number of aromatic amines is 1. The summed E-state index contributed by atoms with van der Waals surface area (Å²) in [5, 5.41) is 0. The van der Waals surface area contributed by atoms with Crippen molar-refractivity contribution >= 4 is 5.82 Å². The zero-order valence-corrected chi connectivity index (χ0v) is 12.5. The minimum Gasteiger partial charge on any atom is -0.385 e. The highest BCUT2D eigenvalue weighted by atomic mass is 16.2. The summed E-state index contributed by atoms with van der Waals surface area (Å²) >= 11 is 0. The quantitative estimate of drug-likeness (QED) is 0.770. The van der Waals surface area contributed by atoms with E-state index in [1.54, 1.807) is 0 Å². The molecule has 0 spiro atoms. The van der Waals surface area contributed by atoms with Crippen molar-refractivity contribution in [3.05, 3.63) is 98.2 Å². The van der Waals surface area contributed by atoms with Crippen LogP contribution in [0.3, 0.4) is 0 Å². The average Bonchev–Trinajstić information content (AvgIpc) is 2.57. The summed E-state index contributed by atoms with van der Waals surface area (Å²) in [6, 6.07) is 18.9. The summed E-state index contributed by atoms with van der Waals surface area (Å²) in [6.45, 7) is 0.219. The molecule has 0 bridgehead atoms. The fraction of sp³-hybridized carbons (Fsp3) is 0.111. The van der Waals surface area contributed by atoms with Gasteiger partial charge < -0.3 is 5.73 Å². The molecule has 0 fully saturated rings. The van der Waals surface area contributed by atoms with Crippen molar-refractivity contribution in [2.24, 2.45) is 0 Å². The lowest BCUT2D eigenvalue weighted by molar-refractivity contribution is 0.691. The lowest BCUT2D eigenvalue weighted by Gasteiger charge is -2.10. The third-order valence-electron chi connectivity index (χ3n) is 3.72. The first-order chi connectivity index (χ1) is 11.1. The van der Waals surface area contributed by atoms with Crippen molar-refractivity contribution in [3.63, 3.8) is 0 Å². The van der Waals surface area contributed by atoms with Gasteiger partial charge in [0.05, 0.1) is 12.1 Å². The number of nitrogens with two attached hydrogens (primary N) is 1. The van der Waals surface area contributed by atoms with E-state index >= 15 is 0 Å². The molecule has 0 atom stereocenters.